The number of benzene rings is 2. The van der Waals surface area contributed by atoms with Crippen LogP contribution in [-0.2, 0) is 4.79 Å². The highest BCUT2D eigenvalue weighted by Crippen LogP contribution is 2.39. The Balaban J connectivity index is 1.86. The van der Waals surface area contributed by atoms with Crippen molar-refractivity contribution in [2.75, 3.05) is 11.1 Å². The standard InChI is InChI=1S/C16H11ClN2OS/c17-11-6-5-10(8-18)14(7-11)19-16(20)13-9-21-15-4-2-1-3-12(13)15/h1-7,13H,9H2,(H,19,20). The van der Waals surface area contributed by atoms with Gasteiger partial charge in [0.15, 0.2) is 0 Å². The average Bonchev–Trinajstić information content (AvgIpc) is 2.91. The Morgan fingerprint density at radius 3 is 2.95 bits per heavy atom. The molecule has 5 heteroatoms. The van der Waals surface area contributed by atoms with Gasteiger partial charge in [-0.1, -0.05) is 29.8 Å². The summed E-state index contributed by atoms with van der Waals surface area (Å²) in [5, 5.41) is 12.4. The Bertz CT molecular complexity index is 754. The number of rotatable bonds is 2. The fourth-order valence-corrected chi connectivity index (χ4v) is 3.72. The van der Waals surface area contributed by atoms with Crippen molar-refractivity contribution in [3.8, 4) is 6.07 Å². The fraction of sp³-hybridized carbons (Fsp3) is 0.125. The van der Waals surface area contributed by atoms with E-state index in [0.29, 0.717) is 22.0 Å². The molecule has 0 aromatic heterocycles. The zero-order chi connectivity index (χ0) is 14.8. The highest BCUT2D eigenvalue weighted by Gasteiger charge is 2.29. The van der Waals surface area contributed by atoms with E-state index in [1.807, 2.05) is 24.3 Å². The van der Waals surface area contributed by atoms with Gasteiger partial charge in [0.2, 0.25) is 5.91 Å². The van der Waals surface area contributed by atoms with Crippen LogP contribution in [0, 0.1) is 11.3 Å². The molecule has 1 aliphatic heterocycles. The van der Waals surface area contributed by atoms with E-state index in [1.54, 1.807) is 30.0 Å². The zero-order valence-electron chi connectivity index (χ0n) is 11.0. The molecule has 1 amide bonds. The van der Waals surface area contributed by atoms with E-state index in [9.17, 15) is 4.79 Å². The Hall–Kier alpha value is -1.96. The summed E-state index contributed by atoms with van der Waals surface area (Å²) in [7, 11) is 0. The number of carbonyl (C=O) groups excluding carboxylic acids is 1. The first-order valence-electron chi connectivity index (χ1n) is 6.41. The molecule has 0 saturated carbocycles. The molecule has 1 heterocycles. The number of halogens is 1. The quantitative estimate of drug-likeness (QED) is 0.910. The normalized spacial score (nSPS) is 16.1. The Kier molecular flexibility index (Phi) is 3.87. The lowest BCUT2D eigenvalue weighted by Crippen LogP contribution is -2.21. The first-order valence-corrected chi connectivity index (χ1v) is 7.77. The summed E-state index contributed by atoms with van der Waals surface area (Å²) in [6.45, 7) is 0. The second kappa shape index (κ2) is 5.80. The molecule has 1 aliphatic rings. The van der Waals surface area contributed by atoms with Gasteiger partial charge in [-0.05, 0) is 29.8 Å². The molecule has 0 aliphatic carbocycles. The summed E-state index contributed by atoms with van der Waals surface area (Å²) in [5.74, 6) is 0.413. The van der Waals surface area contributed by atoms with Crippen molar-refractivity contribution in [3.05, 3.63) is 58.6 Å². The van der Waals surface area contributed by atoms with Crippen LogP contribution in [0.3, 0.4) is 0 Å². The molecule has 0 saturated heterocycles. The predicted octanol–water partition coefficient (Wildman–Crippen LogP) is 4.04. The molecule has 2 aromatic carbocycles. The van der Waals surface area contributed by atoms with E-state index in [2.05, 4.69) is 11.4 Å². The van der Waals surface area contributed by atoms with Gasteiger partial charge < -0.3 is 5.32 Å². The Labute approximate surface area is 131 Å². The summed E-state index contributed by atoms with van der Waals surface area (Å²) < 4.78 is 0. The van der Waals surface area contributed by atoms with Gasteiger partial charge >= 0.3 is 0 Å². The van der Waals surface area contributed by atoms with Crippen LogP contribution in [0.15, 0.2) is 47.4 Å². The van der Waals surface area contributed by atoms with Crippen LogP contribution in [0.1, 0.15) is 17.0 Å². The lowest BCUT2D eigenvalue weighted by molar-refractivity contribution is -0.117. The number of nitrogens with zero attached hydrogens (tertiary/aromatic N) is 1. The Morgan fingerprint density at radius 1 is 1.33 bits per heavy atom. The third-order valence-corrected chi connectivity index (χ3v) is 4.79. The van der Waals surface area contributed by atoms with Gasteiger partial charge in [0.1, 0.15) is 6.07 Å². The van der Waals surface area contributed by atoms with Crippen LogP contribution in [0.25, 0.3) is 0 Å². The minimum Gasteiger partial charge on any atom is -0.324 e. The van der Waals surface area contributed by atoms with Crippen LogP contribution < -0.4 is 5.32 Å². The van der Waals surface area contributed by atoms with Crippen LogP contribution in [0.4, 0.5) is 5.69 Å². The van der Waals surface area contributed by atoms with Gasteiger partial charge in [0, 0.05) is 15.7 Å². The van der Waals surface area contributed by atoms with E-state index in [-0.39, 0.29) is 11.8 Å². The van der Waals surface area contributed by atoms with Gasteiger partial charge in [0.25, 0.3) is 0 Å². The SMILES string of the molecule is N#Cc1ccc(Cl)cc1NC(=O)C1CSc2ccccc21. The lowest BCUT2D eigenvalue weighted by atomic mass is 10.0. The highest BCUT2D eigenvalue weighted by molar-refractivity contribution is 7.99. The molecule has 0 fully saturated rings. The minimum absolute atomic E-state index is 0.105. The molecule has 3 rings (SSSR count). The summed E-state index contributed by atoms with van der Waals surface area (Å²) >= 11 is 7.61. The number of carbonyl (C=O) groups is 1. The summed E-state index contributed by atoms with van der Waals surface area (Å²) in [5.41, 5.74) is 1.91. The molecule has 3 nitrogen and oxygen atoms in total. The van der Waals surface area contributed by atoms with Crippen LogP contribution >= 0.6 is 23.4 Å². The number of fused-ring (bicyclic) bond motifs is 1. The molecule has 104 valence electrons. The monoisotopic (exact) mass is 314 g/mol. The van der Waals surface area contributed by atoms with Crippen molar-refractivity contribution < 1.29 is 4.79 Å². The van der Waals surface area contributed by atoms with Gasteiger partial charge in [-0.15, -0.1) is 11.8 Å². The molecular weight excluding hydrogens is 304 g/mol. The second-order valence-electron chi connectivity index (χ2n) is 4.69. The molecule has 2 aromatic rings. The lowest BCUT2D eigenvalue weighted by Gasteiger charge is -2.12. The van der Waals surface area contributed by atoms with Gasteiger partial charge in [0.05, 0.1) is 17.2 Å². The third kappa shape index (κ3) is 2.76. The van der Waals surface area contributed by atoms with E-state index < -0.39 is 0 Å². The maximum absolute atomic E-state index is 12.5. The highest BCUT2D eigenvalue weighted by atomic mass is 35.5. The summed E-state index contributed by atoms with van der Waals surface area (Å²) in [6.07, 6.45) is 0. The van der Waals surface area contributed by atoms with Crippen molar-refractivity contribution in [1.82, 2.24) is 0 Å². The largest absolute Gasteiger partial charge is 0.324 e. The zero-order valence-corrected chi connectivity index (χ0v) is 12.5. The summed E-state index contributed by atoms with van der Waals surface area (Å²) in [6, 6.07) is 14.8. The van der Waals surface area contributed by atoms with Gasteiger partial charge in [-0.25, -0.2) is 0 Å². The number of anilines is 1. The maximum Gasteiger partial charge on any atom is 0.232 e. The number of nitrogens with one attached hydrogen (secondary N) is 1. The van der Waals surface area contributed by atoms with Gasteiger partial charge in [-0.2, -0.15) is 5.26 Å². The predicted molar refractivity (Wildman–Crippen MR) is 84.7 cm³/mol. The molecule has 1 unspecified atom stereocenters. The van der Waals surface area contributed by atoms with Crippen molar-refractivity contribution >= 4 is 35.0 Å². The van der Waals surface area contributed by atoms with Gasteiger partial charge in [-0.3, -0.25) is 4.79 Å². The van der Waals surface area contributed by atoms with Crippen molar-refractivity contribution in [1.29, 1.82) is 5.26 Å². The average molecular weight is 315 g/mol. The smallest absolute Gasteiger partial charge is 0.232 e. The molecular formula is C16H11ClN2OS. The second-order valence-corrected chi connectivity index (χ2v) is 6.19. The first-order chi connectivity index (χ1) is 10.2. The number of amides is 1. The number of nitriles is 1. The molecule has 0 spiro atoms. The van der Waals surface area contributed by atoms with Crippen molar-refractivity contribution in [2.24, 2.45) is 0 Å². The van der Waals surface area contributed by atoms with E-state index in [1.165, 1.54) is 0 Å². The molecule has 0 bridgehead atoms. The first kappa shape index (κ1) is 14.0. The van der Waals surface area contributed by atoms with Crippen LogP contribution in [0.2, 0.25) is 5.02 Å². The number of thioether (sulfide) groups is 1. The molecule has 1 N–H and O–H groups in total. The summed E-state index contributed by atoms with van der Waals surface area (Å²) in [4.78, 5) is 13.6. The minimum atomic E-state index is -0.197. The molecule has 0 radical (unpaired) electrons. The molecule has 1 atom stereocenters. The van der Waals surface area contributed by atoms with E-state index >= 15 is 0 Å². The molecule has 21 heavy (non-hydrogen) atoms. The third-order valence-electron chi connectivity index (χ3n) is 3.38. The van der Waals surface area contributed by atoms with Crippen LogP contribution in [0.5, 0.6) is 0 Å². The van der Waals surface area contributed by atoms with E-state index in [4.69, 9.17) is 16.9 Å². The Morgan fingerprint density at radius 2 is 2.14 bits per heavy atom. The number of hydrogen-bond donors (Lipinski definition) is 1. The topological polar surface area (TPSA) is 52.9 Å². The number of hydrogen-bond acceptors (Lipinski definition) is 3. The maximum atomic E-state index is 12.5. The fourth-order valence-electron chi connectivity index (χ4n) is 2.32. The van der Waals surface area contributed by atoms with Crippen molar-refractivity contribution in [3.63, 3.8) is 0 Å². The van der Waals surface area contributed by atoms with Crippen LogP contribution in [-0.4, -0.2) is 11.7 Å². The van der Waals surface area contributed by atoms with E-state index in [0.717, 1.165) is 10.5 Å². The van der Waals surface area contributed by atoms with Crippen molar-refractivity contribution in [2.45, 2.75) is 10.8 Å².